The molecule has 0 aliphatic heterocycles. The molecule has 9 heteroatoms. The van der Waals surface area contributed by atoms with E-state index in [1.807, 2.05) is 0 Å². The summed E-state index contributed by atoms with van der Waals surface area (Å²) in [6, 6.07) is 7.75. The van der Waals surface area contributed by atoms with Crippen LogP contribution >= 0.6 is 34.0 Å². The highest BCUT2D eigenvalue weighted by atomic mass is 32.1. The van der Waals surface area contributed by atoms with Crippen molar-refractivity contribution in [2.24, 2.45) is 0 Å². The van der Waals surface area contributed by atoms with Crippen LogP contribution in [0.25, 0.3) is 0 Å². The Kier molecular flexibility index (Phi) is 6.03. The molecule has 0 saturated carbocycles. The second-order valence-electron chi connectivity index (χ2n) is 8.13. The summed E-state index contributed by atoms with van der Waals surface area (Å²) in [6.07, 6.45) is 8.00. The maximum Gasteiger partial charge on any atom is 0.266 e. The molecule has 33 heavy (non-hydrogen) atoms. The molecule has 3 aromatic heterocycles. The molecule has 0 bridgehead atoms. The summed E-state index contributed by atoms with van der Waals surface area (Å²) in [6.45, 7) is 0. The van der Waals surface area contributed by atoms with Gasteiger partial charge in [-0.05, 0) is 74.6 Å². The standard InChI is InChI=1S/C24H20N4O2S3/c25-11-15-13-5-1-3-7-17(13)32-23(15)27-21(29)19-9-10-20(31-19)22(30)28-24-16(12-26)14-6-2-4-8-18(14)33-24/h9-10H,1-8H2,(H,27,29)(H,28,30). The number of rotatable bonds is 4. The Bertz CT molecular complexity index is 1250. The van der Waals surface area contributed by atoms with Gasteiger partial charge in [0.25, 0.3) is 11.8 Å². The monoisotopic (exact) mass is 492 g/mol. The molecule has 0 radical (unpaired) electrons. The Balaban J connectivity index is 1.32. The van der Waals surface area contributed by atoms with Crippen molar-refractivity contribution >= 4 is 55.8 Å². The number of hydrogen-bond acceptors (Lipinski definition) is 7. The van der Waals surface area contributed by atoms with Crippen LogP contribution in [-0.4, -0.2) is 11.8 Å². The third-order valence-electron chi connectivity index (χ3n) is 6.07. The first-order valence-electron chi connectivity index (χ1n) is 10.9. The third-order valence-corrected chi connectivity index (χ3v) is 9.57. The zero-order valence-corrected chi connectivity index (χ0v) is 20.2. The normalized spacial score (nSPS) is 14.5. The van der Waals surface area contributed by atoms with Crippen LogP contribution < -0.4 is 10.6 Å². The minimum atomic E-state index is -0.321. The second kappa shape index (κ2) is 9.11. The number of carbonyl (C=O) groups excluding carboxylic acids is 2. The minimum absolute atomic E-state index is 0.321. The lowest BCUT2D eigenvalue weighted by Gasteiger charge is -2.09. The molecule has 2 amide bonds. The number of thiophene rings is 3. The van der Waals surface area contributed by atoms with Gasteiger partial charge in [-0.3, -0.25) is 9.59 Å². The van der Waals surface area contributed by atoms with Crippen molar-refractivity contribution in [3.8, 4) is 12.1 Å². The highest BCUT2D eigenvalue weighted by molar-refractivity contribution is 7.18. The Morgan fingerprint density at radius 1 is 0.697 bits per heavy atom. The maximum absolute atomic E-state index is 12.8. The number of hydrogen-bond donors (Lipinski definition) is 2. The zero-order valence-electron chi connectivity index (χ0n) is 17.7. The lowest BCUT2D eigenvalue weighted by molar-refractivity contribution is 0.102. The number of nitrogens with one attached hydrogen (secondary N) is 2. The van der Waals surface area contributed by atoms with E-state index < -0.39 is 0 Å². The van der Waals surface area contributed by atoms with Crippen molar-refractivity contribution in [1.29, 1.82) is 10.5 Å². The fraction of sp³-hybridized carbons (Fsp3) is 0.333. The van der Waals surface area contributed by atoms with Crippen molar-refractivity contribution in [2.75, 3.05) is 10.6 Å². The van der Waals surface area contributed by atoms with Gasteiger partial charge in [0, 0.05) is 9.75 Å². The average molecular weight is 493 g/mol. The molecule has 2 N–H and O–H groups in total. The quantitative estimate of drug-likeness (QED) is 0.474. The van der Waals surface area contributed by atoms with E-state index in [2.05, 4.69) is 22.8 Å². The van der Waals surface area contributed by atoms with E-state index in [4.69, 9.17) is 0 Å². The molecule has 2 aliphatic carbocycles. The van der Waals surface area contributed by atoms with Crippen LogP contribution in [0.5, 0.6) is 0 Å². The van der Waals surface area contributed by atoms with E-state index in [1.165, 1.54) is 32.4 Å². The van der Waals surface area contributed by atoms with Gasteiger partial charge in [-0.15, -0.1) is 34.0 Å². The Morgan fingerprint density at radius 3 is 1.55 bits per heavy atom. The molecule has 6 nitrogen and oxygen atoms in total. The maximum atomic E-state index is 12.8. The number of nitrogens with zero attached hydrogens (tertiary/aromatic N) is 2. The SMILES string of the molecule is N#Cc1c(NC(=O)c2ccc(C(=O)Nc3sc4c(c3C#N)CCCC4)s2)sc2c1CCCC2. The number of carbonyl (C=O) groups is 2. The largest absolute Gasteiger partial charge is 0.312 e. The molecular formula is C24H20N4O2S3. The van der Waals surface area contributed by atoms with Crippen molar-refractivity contribution in [3.05, 3.63) is 53.9 Å². The van der Waals surface area contributed by atoms with Gasteiger partial charge in [0.15, 0.2) is 0 Å². The smallest absolute Gasteiger partial charge is 0.266 e. The average Bonchev–Trinajstić information content (AvgIpc) is 3.53. The third kappa shape index (κ3) is 4.08. The van der Waals surface area contributed by atoms with Crippen molar-refractivity contribution in [3.63, 3.8) is 0 Å². The Labute approximate surface area is 203 Å². The van der Waals surface area contributed by atoms with Crippen LogP contribution in [0.4, 0.5) is 10.0 Å². The number of aryl methyl sites for hydroxylation is 2. The lowest BCUT2D eigenvalue weighted by Crippen LogP contribution is -2.11. The molecule has 0 aromatic carbocycles. The molecule has 0 atom stereocenters. The first kappa shape index (κ1) is 21.8. The number of fused-ring (bicyclic) bond motifs is 2. The summed E-state index contributed by atoms with van der Waals surface area (Å²) >= 11 is 4.07. The summed E-state index contributed by atoms with van der Waals surface area (Å²) in [5, 5.41) is 26.2. The van der Waals surface area contributed by atoms with Gasteiger partial charge in [-0.25, -0.2) is 0 Å². The number of nitriles is 2. The van der Waals surface area contributed by atoms with Gasteiger partial charge in [-0.1, -0.05) is 0 Å². The molecule has 5 rings (SSSR count). The highest BCUT2D eigenvalue weighted by Gasteiger charge is 2.25. The van der Waals surface area contributed by atoms with Crippen molar-refractivity contribution < 1.29 is 9.59 Å². The lowest BCUT2D eigenvalue weighted by atomic mass is 9.96. The molecule has 3 heterocycles. The van der Waals surface area contributed by atoms with Gasteiger partial charge in [-0.2, -0.15) is 10.5 Å². The first-order chi connectivity index (χ1) is 16.1. The summed E-state index contributed by atoms with van der Waals surface area (Å²) in [5.74, 6) is -0.642. The van der Waals surface area contributed by atoms with Gasteiger partial charge < -0.3 is 10.6 Å². The van der Waals surface area contributed by atoms with Crippen LogP contribution in [0.3, 0.4) is 0 Å². The topological polar surface area (TPSA) is 106 Å². The molecule has 0 saturated heterocycles. The van der Waals surface area contributed by atoms with E-state index in [9.17, 15) is 20.1 Å². The first-order valence-corrected chi connectivity index (χ1v) is 13.4. The fourth-order valence-corrected chi connectivity index (χ4v) is 7.72. The van der Waals surface area contributed by atoms with E-state index in [-0.39, 0.29) is 11.8 Å². The summed E-state index contributed by atoms with van der Waals surface area (Å²) < 4.78 is 0. The molecule has 3 aromatic rings. The minimum Gasteiger partial charge on any atom is -0.312 e. The fourth-order valence-electron chi connectivity index (χ4n) is 4.46. The van der Waals surface area contributed by atoms with Crippen LogP contribution in [-0.2, 0) is 25.7 Å². The molecule has 166 valence electrons. The van der Waals surface area contributed by atoms with E-state index in [0.717, 1.165) is 73.8 Å². The zero-order chi connectivity index (χ0) is 22.9. The van der Waals surface area contributed by atoms with Gasteiger partial charge in [0.1, 0.15) is 22.1 Å². The van der Waals surface area contributed by atoms with Crippen molar-refractivity contribution in [1.82, 2.24) is 0 Å². The molecule has 0 spiro atoms. The number of anilines is 2. The Hall–Kier alpha value is -2.98. The Morgan fingerprint density at radius 2 is 1.12 bits per heavy atom. The second-order valence-corrected chi connectivity index (χ2v) is 11.4. The predicted molar refractivity (Wildman–Crippen MR) is 132 cm³/mol. The van der Waals surface area contributed by atoms with Crippen LogP contribution in [0.1, 0.15) is 77.0 Å². The van der Waals surface area contributed by atoms with Crippen LogP contribution in [0, 0.1) is 22.7 Å². The molecular weight excluding hydrogens is 472 g/mol. The molecule has 0 unspecified atom stereocenters. The highest BCUT2D eigenvalue weighted by Crippen LogP contribution is 2.39. The van der Waals surface area contributed by atoms with Crippen molar-refractivity contribution in [2.45, 2.75) is 51.4 Å². The van der Waals surface area contributed by atoms with Crippen LogP contribution in [0.15, 0.2) is 12.1 Å². The van der Waals surface area contributed by atoms with E-state index >= 15 is 0 Å². The van der Waals surface area contributed by atoms with Crippen LogP contribution in [0.2, 0.25) is 0 Å². The molecule has 0 fully saturated rings. The predicted octanol–water partition coefficient (Wildman–Crippen LogP) is 5.88. The number of amides is 2. The molecule has 2 aliphatic rings. The van der Waals surface area contributed by atoms with E-state index in [1.54, 1.807) is 12.1 Å². The van der Waals surface area contributed by atoms with E-state index in [0.29, 0.717) is 30.9 Å². The summed E-state index contributed by atoms with van der Waals surface area (Å²) in [7, 11) is 0. The van der Waals surface area contributed by atoms with Gasteiger partial charge in [0.2, 0.25) is 0 Å². The summed E-state index contributed by atoms with van der Waals surface area (Å²) in [5.41, 5.74) is 3.29. The van der Waals surface area contributed by atoms with Gasteiger partial charge in [0.05, 0.1) is 20.9 Å². The van der Waals surface area contributed by atoms with Gasteiger partial charge >= 0.3 is 0 Å². The summed E-state index contributed by atoms with van der Waals surface area (Å²) in [4.78, 5) is 28.9.